The van der Waals surface area contributed by atoms with Crippen LogP contribution in [0.3, 0.4) is 0 Å². The van der Waals surface area contributed by atoms with Crippen molar-refractivity contribution in [1.82, 2.24) is 10.2 Å². The quantitative estimate of drug-likeness (QED) is 0.675. The van der Waals surface area contributed by atoms with Gasteiger partial charge in [0.2, 0.25) is 0 Å². The van der Waals surface area contributed by atoms with Crippen molar-refractivity contribution in [2.24, 2.45) is 0 Å². The molecule has 26 heavy (non-hydrogen) atoms. The number of carbonyl (C=O) groups excluding carboxylic acids is 1. The van der Waals surface area contributed by atoms with Crippen LogP contribution < -0.4 is 4.90 Å². The van der Waals surface area contributed by atoms with E-state index in [4.69, 9.17) is 4.74 Å². The molecule has 2 heterocycles. The molecule has 132 valence electrons. The van der Waals surface area contributed by atoms with Gasteiger partial charge in [-0.25, -0.2) is 4.79 Å². The lowest BCUT2D eigenvalue weighted by Crippen LogP contribution is -2.38. The summed E-state index contributed by atoms with van der Waals surface area (Å²) in [5.41, 5.74) is 1.59. The van der Waals surface area contributed by atoms with Gasteiger partial charge in [0, 0.05) is 36.7 Å². The Labute approximate surface area is 152 Å². The molecule has 1 aliphatic rings. The summed E-state index contributed by atoms with van der Waals surface area (Å²) < 4.78 is 5.73. The van der Waals surface area contributed by atoms with Crippen LogP contribution in [0.2, 0.25) is 0 Å². The third-order valence-corrected chi connectivity index (χ3v) is 4.93. The van der Waals surface area contributed by atoms with Gasteiger partial charge in [-0.15, -0.1) is 5.10 Å². The molecule has 0 spiro atoms. The molecule has 0 radical (unpaired) electrons. The molecule has 5 nitrogen and oxygen atoms in total. The number of hydrogen-bond donors (Lipinski definition) is 0. The van der Waals surface area contributed by atoms with E-state index in [2.05, 4.69) is 21.2 Å². The number of carbonyl (C=O) groups is 1. The Morgan fingerprint density at radius 1 is 1.08 bits per heavy atom. The number of rotatable bonds is 3. The third kappa shape index (κ3) is 3.25. The maximum absolute atomic E-state index is 12.4. The maximum Gasteiger partial charge on any atom is 0.338 e. The fraction of sp³-hybridized carbons (Fsp3) is 0.286. The van der Waals surface area contributed by atoms with Gasteiger partial charge < -0.3 is 9.64 Å². The first-order chi connectivity index (χ1) is 12.7. The second-order valence-corrected chi connectivity index (χ2v) is 6.66. The number of hydrogen-bond acceptors (Lipinski definition) is 5. The fourth-order valence-corrected chi connectivity index (χ4v) is 3.45. The molecule has 1 aliphatic heterocycles. The summed E-state index contributed by atoms with van der Waals surface area (Å²) in [6.07, 6.45) is 3.32. The molecule has 1 aromatic heterocycles. The highest BCUT2D eigenvalue weighted by molar-refractivity contribution is 5.92. The summed E-state index contributed by atoms with van der Waals surface area (Å²) in [5, 5.41) is 10.7. The van der Waals surface area contributed by atoms with Crippen LogP contribution in [0.5, 0.6) is 0 Å². The van der Waals surface area contributed by atoms with Crippen LogP contribution >= 0.6 is 0 Å². The minimum atomic E-state index is -0.230. The predicted octanol–water partition coefficient (Wildman–Crippen LogP) is 3.76. The minimum absolute atomic E-state index is 0.0544. The molecule has 0 amide bonds. The van der Waals surface area contributed by atoms with Crippen molar-refractivity contribution in [2.75, 3.05) is 18.0 Å². The van der Waals surface area contributed by atoms with Gasteiger partial charge in [0.15, 0.2) is 5.82 Å². The third-order valence-electron chi connectivity index (χ3n) is 4.93. The first-order valence-electron chi connectivity index (χ1n) is 8.94. The van der Waals surface area contributed by atoms with Gasteiger partial charge in [0.1, 0.15) is 6.10 Å². The number of benzene rings is 2. The molecule has 5 heteroatoms. The Kier molecular flexibility index (Phi) is 4.52. The van der Waals surface area contributed by atoms with Gasteiger partial charge in [0.05, 0.1) is 11.8 Å². The average molecular weight is 347 g/mol. The molecular formula is C21H21N3O2. The lowest BCUT2D eigenvalue weighted by Gasteiger charge is -2.32. The van der Waals surface area contributed by atoms with Crippen LogP contribution in [0.1, 0.15) is 28.8 Å². The number of fused-ring (bicyclic) bond motifs is 1. The normalized spacial score (nSPS) is 15.2. The highest BCUT2D eigenvalue weighted by atomic mass is 16.5. The number of aryl methyl sites for hydroxylation is 1. The summed E-state index contributed by atoms with van der Waals surface area (Å²) in [6, 6.07) is 15.7. The lowest BCUT2D eigenvalue weighted by molar-refractivity contribution is 0.0244. The van der Waals surface area contributed by atoms with Crippen molar-refractivity contribution >= 4 is 22.6 Å². The smallest absolute Gasteiger partial charge is 0.338 e. The number of nitrogens with zero attached hydrogens (tertiary/aromatic N) is 3. The van der Waals surface area contributed by atoms with Crippen molar-refractivity contribution in [2.45, 2.75) is 25.9 Å². The molecule has 1 saturated heterocycles. The number of ether oxygens (including phenoxy) is 1. The molecule has 2 aromatic carbocycles. The first-order valence-corrected chi connectivity index (χ1v) is 8.94. The number of esters is 1. The molecule has 4 rings (SSSR count). The van der Waals surface area contributed by atoms with Crippen LogP contribution in [0.15, 0.2) is 54.7 Å². The average Bonchev–Trinajstić information content (AvgIpc) is 2.68. The molecule has 0 bridgehead atoms. The van der Waals surface area contributed by atoms with Gasteiger partial charge >= 0.3 is 5.97 Å². The Hall–Kier alpha value is -2.95. The van der Waals surface area contributed by atoms with Crippen molar-refractivity contribution in [3.05, 3.63) is 65.9 Å². The van der Waals surface area contributed by atoms with Gasteiger partial charge in [-0.3, -0.25) is 0 Å². The summed E-state index contributed by atoms with van der Waals surface area (Å²) in [5.74, 6) is 0.679. The molecule has 0 unspecified atom stereocenters. The van der Waals surface area contributed by atoms with E-state index >= 15 is 0 Å². The largest absolute Gasteiger partial charge is 0.459 e. The zero-order valence-electron chi connectivity index (χ0n) is 14.8. The Balaban J connectivity index is 1.43. The van der Waals surface area contributed by atoms with Gasteiger partial charge in [-0.2, -0.15) is 5.10 Å². The number of aromatic nitrogens is 2. The van der Waals surface area contributed by atoms with E-state index in [1.54, 1.807) is 6.20 Å². The first kappa shape index (κ1) is 16.5. The lowest BCUT2D eigenvalue weighted by atomic mass is 10.1. The van der Waals surface area contributed by atoms with Gasteiger partial charge in [-0.1, -0.05) is 42.5 Å². The second kappa shape index (κ2) is 7.12. The van der Waals surface area contributed by atoms with Crippen LogP contribution in [0, 0.1) is 6.92 Å². The second-order valence-electron chi connectivity index (χ2n) is 6.66. The van der Waals surface area contributed by atoms with E-state index in [9.17, 15) is 4.79 Å². The summed E-state index contributed by atoms with van der Waals surface area (Å²) in [7, 11) is 0. The van der Waals surface area contributed by atoms with Gasteiger partial charge in [-0.05, 0) is 18.6 Å². The molecule has 0 N–H and O–H groups in total. The highest BCUT2D eigenvalue weighted by Crippen LogP contribution is 2.27. The molecule has 0 saturated carbocycles. The predicted molar refractivity (Wildman–Crippen MR) is 101 cm³/mol. The molecule has 3 aromatic rings. The molecule has 0 aliphatic carbocycles. The van der Waals surface area contributed by atoms with Crippen LogP contribution in [-0.4, -0.2) is 35.4 Å². The van der Waals surface area contributed by atoms with Crippen molar-refractivity contribution in [3.63, 3.8) is 0 Å². The molecule has 1 fully saturated rings. The van der Waals surface area contributed by atoms with E-state index in [1.165, 1.54) is 0 Å². The van der Waals surface area contributed by atoms with Crippen LogP contribution in [0.4, 0.5) is 5.82 Å². The molecule has 0 atom stereocenters. The topological polar surface area (TPSA) is 55.3 Å². The van der Waals surface area contributed by atoms with E-state index in [1.807, 2.05) is 49.4 Å². The fourth-order valence-electron chi connectivity index (χ4n) is 3.45. The van der Waals surface area contributed by atoms with Crippen molar-refractivity contribution in [1.29, 1.82) is 0 Å². The Bertz CT molecular complexity index is 928. The maximum atomic E-state index is 12.4. The Morgan fingerprint density at radius 2 is 1.81 bits per heavy atom. The van der Waals surface area contributed by atoms with Crippen molar-refractivity contribution in [3.8, 4) is 0 Å². The van der Waals surface area contributed by atoms with Crippen LogP contribution in [-0.2, 0) is 4.74 Å². The van der Waals surface area contributed by atoms with Gasteiger partial charge in [0.25, 0.3) is 0 Å². The van der Waals surface area contributed by atoms with E-state index < -0.39 is 0 Å². The van der Waals surface area contributed by atoms with Crippen molar-refractivity contribution < 1.29 is 9.53 Å². The monoisotopic (exact) mass is 347 g/mol. The summed E-state index contributed by atoms with van der Waals surface area (Å²) >= 11 is 0. The minimum Gasteiger partial charge on any atom is -0.459 e. The van der Waals surface area contributed by atoms with E-state index in [0.717, 1.165) is 48.1 Å². The highest BCUT2D eigenvalue weighted by Gasteiger charge is 2.25. The zero-order valence-corrected chi connectivity index (χ0v) is 14.8. The summed E-state index contributed by atoms with van der Waals surface area (Å²) in [4.78, 5) is 14.6. The Morgan fingerprint density at radius 3 is 2.62 bits per heavy atom. The number of piperidine rings is 1. The van der Waals surface area contributed by atoms with E-state index in [-0.39, 0.29) is 12.1 Å². The molecular weight excluding hydrogens is 326 g/mol. The number of anilines is 1. The standard InChI is InChI=1S/C21H21N3O2/c1-15-6-2-4-8-18(15)21(25)26-17-10-12-24(13-11-17)20-19-9-5-3-7-16(19)14-22-23-20/h2-9,14,17H,10-13H2,1H3. The zero-order chi connectivity index (χ0) is 17.9. The SMILES string of the molecule is Cc1ccccc1C(=O)OC1CCN(c2nncc3ccccc23)CC1. The van der Waals surface area contributed by atoms with E-state index in [0.29, 0.717) is 5.56 Å². The van der Waals surface area contributed by atoms with Crippen LogP contribution in [0.25, 0.3) is 10.8 Å². The summed E-state index contributed by atoms with van der Waals surface area (Å²) in [6.45, 7) is 3.53.